The zero-order chi connectivity index (χ0) is 15.4. The molecule has 0 saturated carbocycles. The van der Waals surface area contributed by atoms with E-state index in [4.69, 9.17) is 0 Å². The minimum atomic E-state index is 0.321. The summed E-state index contributed by atoms with van der Waals surface area (Å²) in [6.07, 6.45) is 2.36. The van der Waals surface area contributed by atoms with E-state index in [-0.39, 0.29) is 0 Å². The van der Waals surface area contributed by atoms with Crippen molar-refractivity contribution in [2.45, 2.75) is 38.8 Å². The van der Waals surface area contributed by atoms with E-state index in [1.165, 1.54) is 12.8 Å². The second-order valence-electron chi connectivity index (χ2n) is 6.98. The lowest BCUT2D eigenvalue weighted by Gasteiger charge is -2.39. The van der Waals surface area contributed by atoms with Gasteiger partial charge in [0.15, 0.2) is 0 Å². The average Bonchev–Trinajstić information content (AvgIpc) is 2.47. The highest BCUT2D eigenvalue weighted by Gasteiger charge is 2.26. The summed E-state index contributed by atoms with van der Waals surface area (Å²) >= 11 is 0. The van der Waals surface area contributed by atoms with Crippen molar-refractivity contribution < 1.29 is 4.79 Å². The lowest BCUT2D eigenvalue weighted by atomic mass is 10.0. The Balaban J connectivity index is 1.71. The Bertz CT molecular complexity index is 329. The third-order valence-corrected chi connectivity index (χ3v) is 5.04. The van der Waals surface area contributed by atoms with Gasteiger partial charge in [0.1, 0.15) is 0 Å². The molecule has 2 saturated heterocycles. The van der Waals surface area contributed by atoms with Crippen molar-refractivity contribution in [2.75, 3.05) is 59.9 Å². The first-order valence-electron chi connectivity index (χ1n) is 8.38. The molecule has 2 aliphatic heterocycles. The van der Waals surface area contributed by atoms with Crippen molar-refractivity contribution in [3.05, 3.63) is 0 Å². The van der Waals surface area contributed by atoms with Crippen LogP contribution >= 0.6 is 0 Å². The summed E-state index contributed by atoms with van der Waals surface area (Å²) in [5, 5.41) is 0. The van der Waals surface area contributed by atoms with Crippen molar-refractivity contribution in [3.63, 3.8) is 0 Å². The summed E-state index contributed by atoms with van der Waals surface area (Å²) in [5.41, 5.74) is 0. The SMILES string of the molecule is CC(C)N1CCN(C(=O)CN2CCC(N(C)C)CC2)CC1. The van der Waals surface area contributed by atoms with Gasteiger partial charge in [-0.15, -0.1) is 0 Å². The largest absolute Gasteiger partial charge is 0.339 e. The topological polar surface area (TPSA) is 30.0 Å². The molecular formula is C16H32N4O. The highest BCUT2D eigenvalue weighted by atomic mass is 16.2. The third-order valence-electron chi connectivity index (χ3n) is 5.04. The van der Waals surface area contributed by atoms with Crippen LogP contribution in [0, 0.1) is 0 Å². The first-order chi connectivity index (χ1) is 9.97. The summed E-state index contributed by atoms with van der Waals surface area (Å²) in [6.45, 7) is 11.0. The Labute approximate surface area is 129 Å². The van der Waals surface area contributed by atoms with Crippen molar-refractivity contribution in [2.24, 2.45) is 0 Å². The highest BCUT2D eigenvalue weighted by Crippen LogP contribution is 2.14. The summed E-state index contributed by atoms with van der Waals surface area (Å²) < 4.78 is 0. The van der Waals surface area contributed by atoms with E-state index in [0.717, 1.165) is 39.3 Å². The number of hydrogen-bond donors (Lipinski definition) is 0. The Morgan fingerprint density at radius 3 is 2.10 bits per heavy atom. The second kappa shape index (κ2) is 7.56. The summed E-state index contributed by atoms with van der Waals surface area (Å²) in [4.78, 5) is 21.6. The Morgan fingerprint density at radius 2 is 1.62 bits per heavy atom. The number of carbonyl (C=O) groups excluding carboxylic acids is 1. The third kappa shape index (κ3) is 4.66. The lowest BCUT2D eigenvalue weighted by molar-refractivity contribution is -0.134. The first kappa shape index (κ1) is 16.7. The maximum atomic E-state index is 12.4. The van der Waals surface area contributed by atoms with E-state index >= 15 is 0 Å². The number of carbonyl (C=O) groups is 1. The molecule has 2 fully saturated rings. The number of likely N-dealkylation sites (tertiary alicyclic amines) is 1. The number of hydrogen-bond acceptors (Lipinski definition) is 4. The molecule has 0 spiro atoms. The highest BCUT2D eigenvalue weighted by molar-refractivity contribution is 5.78. The fourth-order valence-electron chi connectivity index (χ4n) is 3.37. The van der Waals surface area contributed by atoms with E-state index in [1.54, 1.807) is 0 Å². The fraction of sp³-hybridized carbons (Fsp3) is 0.938. The van der Waals surface area contributed by atoms with Crippen molar-refractivity contribution in [1.29, 1.82) is 0 Å². The van der Waals surface area contributed by atoms with Gasteiger partial charge in [0.05, 0.1) is 6.54 Å². The normalized spacial score (nSPS) is 23.2. The van der Waals surface area contributed by atoms with Gasteiger partial charge in [-0.3, -0.25) is 14.6 Å². The van der Waals surface area contributed by atoms with Crippen LogP contribution in [0.2, 0.25) is 0 Å². The van der Waals surface area contributed by atoms with Gasteiger partial charge >= 0.3 is 0 Å². The molecule has 21 heavy (non-hydrogen) atoms. The summed E-state index contributed by atoms with van der Waals surface area (Å²) in [7, 11) is 4.30. The standard InChI is InChI=1S/C16H32N4O/c1-14(2)19-9-11-20(12-10-19)16(21)13-18-7-5-15(6-8-18)17(3)4/h14-15H,5-13H2,1-4H3. The molecule has 0 radical (unpaired) electrons. The maximum absolute atomic E-state index is 12.4. The average molecular weight is 296 g/mol. The molecule has 5 nitrogen and oxygen atoms in total. The quantitative estimate of drug-likeness (QED) is 0.758. The zero-order valence-corrected chi connectivity index (χ0v) is 14.2. The number of rotatable bonds is 4. The van der Waals surface area contributed by atoms with Crippen LogP contribution in [0.15, 0.2) is 0 Å². The monoisotopic (exact) mass is 296 g/mol. The van der Waals surface area contributed by atoms with Crippen molar-refractivity contribution in [3.8, 4) is 0 Å². The molecule has 0 aromatic carbocycles. The van der Waals surface area contributed by atoms with Gasteiger partial charge < -0.3 is 9.80 Å². The number of amides is 1. The smallest absolute Gasteiger partial charge is 0.236 e. The van der Waals surface area contributed by atoms with Crippen LogP contribution < -0.4 is 0 Å². The van der Waals surface area contributed by atoms with Crippen LogP contribution in [0.1, 0.15) is 26.7 Å². The molecule has 0 N–H and O–H groups in total. The van der Waals surface area contributed by atoms with Crippen LogP contribution in [-0.4, -0.2) is 97.5 Å². The van der Waals surface area contributed by atoms with Crippen LogP contribution in [-0.2, 0) is 4.79 Å². The minimum absolute atomic E-state index is 0.321. The molecule has 5 heteroatoms. The first-order valence-corrected chi connectivity index (χ1v) is 8.38. The predicted octanol–water partition coefficient (Wildman–Crippen LogP) is 0.565. The number of nitrogens with zero attached hydrogens (tertiary/aromatic N) is 4. The molecule has 0 bridgehead atoms. The van der Waals surface area contributed by atoms with Gasteiger partial charge in [0.25, 0.3) is 0 Å². The Morgan fingerprint density at radius 1 is 1.05 bits per heavy atom. The van der Waals surface area contributed by atoms with Crippen LogP contribution in [0.5, 0.6) is 0 Å². The van der Waals surface area contributed by atoms with Gasteiger partial charge in [-0.1, -0.05) is 0 Å². The predicted molar refractivity (Wildman–Crippen MR) is 86.4 cm³/mol. The second-order valence-corrected chi connectivity index (χ2v) is 6.98. The molecule has 0 atom stereocenters. The van der Waals surface area contributed by atoms with E-state index < -0.39 is 0 Å². The van der Waals surface area contributed by atoms with E-state index in [0.29, 0.717) is 24.5 Å². The molecule has 1 amide bonds. The van der Waals surface area contributed by atoms with E-state index in [2.05, 4.69) is 47.5 Å². The molecule has 2 heterocycles. The lowest BCUT2D eigenvalue weighted by Crippen LogP contribution is -2.53. The van der Waals surface area contributed by atoms with Gasteiger partial charge in [0.2, 0.25) is 5.91 Å². The van der Waals surface area contributed by atoms with Gasteiger partial charge in [-0.25, -0.2) is 0 Å². The number of piperidine rings is 1. The minimum Gasteiger partial charge on any atom is -0.339 e. The molecule has 0 aromatic heterocycles. The molecule has 122 valence electrons. The molecule has 0 aromatic rings. The van der Waals surface area contributed by atoms with Crippen LogP contribution in [0.3, 0.4) is 0 Å². The van der Waals surface area contributed by atoms with Crippen molar-refractivity contribution in [1.82, 2.24) is 19.6 Å². The summed E-state index contributed by atoms with van der Waals surface area (Å²) in [5.74, 6) is 0.321. The summed E-state index contributed by atoms with van der Waals surface area (Å²) in [6, 6.07) is 1.28. The van der Waals surface area contributed by atoms with Crippen LogP contribution in [0.25, 0.3) is 0 Å². The Hall–Kier alpha value is -0.650. The molecule has 2 aliphatic rings. The van der Waals surface area contributed by atoms with Gasteiger partial charge in [-0.2, -0.15) is 0 Å². The van der Waals surface area contributed by atoms with E-state index in [9.17, 15) is 4.79 Å². The van der Waals surface area contributed by atoms with Gasteiger partial charge in [0, 0.05) is 51.4 Å². The molecule has 0 aliphatic carbocycles. The zero-order valence-electron chi connectivity index (χ0n) is 14.2. The maximum Gasteiger partial charge on any atom is 0.236 e. The molecule has 0 unspecified atom stereocenters. The Kier molecular flexibility index (Phi) is 6.02. The number of piperazine rings is 1. The fourth-order valence-corrected chi connectivity index (χ4v) is 3.37. The van der Waals surface area contributed by atoms with E-state index in [1.807, 2.05) is 0 Å². The molecular weight excluding hydrogens is 264 g/mol. The molecule has 2 rings (SSSR count). The van der Waals surface area contributed by atoms with Crippen molar-refractivity contribution >= 4 is 5.91 Å². The van der Waals surface area contributed by atoms with Crippen LogP contribution in [0.4, 0.5) is 0 Å². The van der Waals surface area contributed by atoms with Gasteiger partial charge in [-0.05, 0) is 40.8 Å².